The Hall–Kier alpha value is -1.39. The number of nitro groups is 1. The Morgan fingerprint density at radius 2 is 2.17 bits per heavy atom. The minimum Gasteiger partial charge on any atom is -0.390 e. The number of H-pyrrole nitrogens is 1. The van der Waals surface area contributed by atoms with E-state index < -0.39 is 4.92 Å². The Balaban J connectivity index is 3.00. The molecule has 0 fully saturated rings. The molecule has 0 aliphatic heterocycles. The van der Waals surface area contributed by atoms with Crippen molar-refractivity contribution in [2.75, 3.05) is 0 Å². The molecular weight excluding hydrogens is 158 g/mol. The Bertz CT molecular complexity index is 298. The lowest BCUT2D eigenvalue weighted by Gasteiger charge is -2.10. The molecule has 0 saturated carbocycles. The summed E-state index contributed by atoms with van der Waals surface area (Å²) in [7, 11) is 0. The van der Waals surface area contributed by atoms with Gasteiger partial charge >= 0.3 is 5.95 Å². The Morgan fingerprint density at radius 3 is 2.42 bits per heavy atom. The van der Waals surface area contributed by atoms with Crippen LogP contribution >= 0.6 is 0 Å². The van der Waals surface area contributed by atoms with Crippen molar-refractivity contribution in [2.45, 2.75) is 26.2 Å². The molecule has 0 unspecified atom stereocenters. The summed E-state index contributed by atoms with van der Waals surface area (Å²) >= 11 is 0. The van der Waals surface area contributed by atoms with E-state index in [9.17, 15) is 10.1 Å². The van der Waals surface area contributed by atoms with Gasteiger partial charge < -0.3 is 10.1 Å². The summed E-state index contributed by atoms with van der Waals surface area (Å²) in [5, 5.41) is 10.3. The normalized spacial score (nSPS) is 11.6. The maximum Gasteiger partial charge on any atom is 0.432 e. The van der Waals surface area contributed by atoms with Gasteiger partial charge in [-0.3, -0.25) is 0 Å². The Labute approximate surface area is 70.0 Å². The summed E-state index contributed by atoms with van der Waals surface area (Å²) in [5.74, 6) is -0.195. The summed E-state index contributed by atoms with van der Waals surface area (Å²) in [6, 6.07) is 0. The van der Waals surface area contributed by atoms with Crippen molar-refractivity contribution in [3.05, 3.63) is 22.0 Å². The van der Waals surface area contributed by atoms with Gasteiger partial charge in [-0.2, -0.15) is 0 Å². The molecule has 0 spiro atoms. The molecular formula is C7H11N3O2. The fourth-order valence-corrected chi connectivity index (χ4v) is 0.789. The molecule has 1 aromatic heterocycles. The van der Waals surface area contributed by atoms with Crippen molar-refractivity contribution < 1.29 is 4.92 Å². The number of imidazole rings is 1. The lowest BCUT2D eigenvalue weighted by atomic mass is 9.93. The standard InChI is InChI=1S/C7H11N3O2/c1-7(2,3)5-4-8-6(9-5)10(11)12/h4H,1-3H3,(H,8,9). The second-order valence-corrected chi connectivity index (χ2v) is 3.62. The van der Waals surface area contributed by atoms with Crippen LogP contribution in [-0.2, 0) is 5.41 Å². The van der Waals surface area contributed by atoms with Crippen LogP contribution in [0.3, 0.4) is 0 Å². The van der Waals surface area contributed by atoms with E-state index >= 15 is 0 Å². The predicted octanol–water partition coefficient (Wildman–Crippen LogP) is 1.62. The Morgan fingerprint density at radius 1 is 1.58 bits per heavy atom. The number of aromatic nitrogens is 2. The molecule has 0 aromatic carbocycles. The molecule has 66 valence electrons. The minimum atomic E-state index is -0.533. The van der Waals surface area contributed by atoms with Crippen LogP contribution in [0.2, 0.25) is 0 Å². The van der Waals surface area contributed by atoms with Crippen LogP contribution in [0.25, 0.3) is 0 Å². The SMILES string of the molecule is CC(C)(C)c1c[nH]c([N+](=O)[O-])n1. The number of hydrogen-bond acceptors (Lipinski definition) is 3. The van der Waals surface area contributed by atoms with Gasteiger partial charge in [-0.25, -0.2) is 4.98 Å². The topological polar surface area (TPSA) is 71.8 Å². The zero-order chi connectivity index (χ0) is 9.35. The molecule has 1 N–H and O–H groups in total. The quantitative estimate of drug-likeness (QED) is 0.512. The van der Waals surface area contributed by atoms with Crippen LogP contribution in [0.15, 0.2) is 6.20 Å². The molecule has 0 amide bonds. The van der Waals surface area contributed by atoms with Gasteiger partial charge in [-0.15, -0.1) is 0 Å². The molecule has 1 rings (SSSR count). The smallest absolute Gasteiger partial charge is 0.390 e. The zero-order valence-electron chi connectivity index (χ0n) is 7.29. The first-order valence-corrected chi connectivity index (χ1v) is 3.61. The average Bonchev–Trinajstić information content (AvgIpc) is 2.30. The highest BCUT2D eigenvalue weighted by Crippen LogP contribution is 2.21. The second-order valence-electron chi connectivity index (χ2n) is 3.62. The van der Waals surface area contributed by atoms with Crippen molar-refractivity contribution in [3.63, 3.8) is 0 Å². The van der Waals surface area contributed by atoms with E-state index in [0.29, 0.717) is 5.69 Å². The van der Waals surface area contributed by atoms with Crippen LogP contribution in [0, 0.1) is 10.1 Å². The number of nitrogens with one attached hydrogen (secondary N) is 1. The first kappa shape index (κ1) is 8.70. The van der Waals surface area contributed by atoms with E-state index in [1.807, 2.05) is 20.8 Å². The third kappa shape index (κ3) is 1.61. The van der Waals surface area contributed by atoms with Gasteiger partial charge in [0.25, 0.3) is 0 Å². The molecule has 0 saturated heterocycles. The van der Waals surface area contributed by atoms with Gasteiger partial charge in [0.05, 0.1) is 0 Å². The van der Waals surface area contributed by atoms with Crippen molar-refractivity contribution in [1.29, 1.82) is 0 Å². The van der Waals surface area contributed by atoms with Crippen LogP contribution in [0.1, 0.15) is 26.5 Å². The molecule has 0 aliphatic carbocycles. The van der Waals surface area contributed by atoms with E-state index in [0.717, 1.165) is 0 Å². The van der Waals surface area contributed by atoms with E-state index in [4.69, 9.17) is 0 Å². The largest absolute Gasteiger partial charge is 0.432 e. The number of aromatic amines is 1. The van der Waals surface area contributed by atoms with Gasteiger partial charge in [0.1, 0.15) is 6.20 Å². The lowest BCUT2D eigenvalue weighted by molar-refractivity contribution is -0.393. The molecule has 0 bridgehead atoms. The molecule has 12 heavy (non-hydrogen) atoms. The van der Waals surface area contributed by atoms with Crippen LogP contribution < -0.4 is 0 Å². The Kier molecular flexibility index (Phi) is 1.87. The number of hydrogen-bond donors (Lipinski definition) is 1. The fraction of sp³-hybridized carbons (Fsp3) is 0.571. The third-order valence-electron chi connectivity index (χ3n) is 1.51. The van der Waals surface area contributed by atoms with Crippen molar-refractivity contribution in [2.24, 2.45) is 0 Å². The predicted molar refractivity (Wildman–Crippen MR) is 43.9 cm³/mol. The molecule has 0 aliphatic rings. The maximum absolute atomic E-state index is 10.3. The first-order valence-electron chi connectivity index (χ1n) is 3.61. The summed E-state index contributed by atoms with van der Waals surface area (Å²) in [4.78, 5) is 16.0. The summed E-state index contributed by atoms with van der Waals surface area (Å²) in [6.07, 6.45) is 1.57. The number of nitrogens with zero attached hydrogens (tertiary/aromatic N) is 2. The average molecular weight is 169 g/mol. The molecule has 5 heteroatoms. The monoisotopic (exact) mass is 169 g/mol. The summed E-state index contributed by atoms with van der Waals surface area (Å²) < 4.78 is 0. The van der Waals surface area contributed by atoms with Gasteiger partial charge in [-0.05, 0) is 4.92 Å². The number of rotatable bonds is 1. The highest BCUT2D eigenvalue weighted by Gasteiger charge is 2.23. The maximum atomic E-state index is 10.3. The van der Waals surface area contributed by atoms with Gasteiger partial charge in [-0.1, -0.05) is 25.8 Å². The van der Waals surface area contributed by atoms with Crippen LogP contribution in [-0.4, -0.2) is 14.9 Å². The second kappa shape index (κ2) is 2.58. The van der Waals surface area contributed by atoms with E-state index in [-0.39, 0.29) is 11.4 Å². The highest BCUT2D eigenvalue weighted by atomic mass is 16.6. The first-order chi connectivity index (χ1) is 5.41. The van der Waals surface area contributed by atoms with Gasteiger partial charge in [0, 0.05) is 5.41 Å². The molecule has 1 heterocycles. The van der Waals surface area contributed by atoms with Gasteiger partial charge in [0.2, 0.25) is 0 Å². The fourth-order valence-electron chi connectivity index (χ4n) is 0.789. The summed E-state index contributed by atoms with van der Waals surface area (Å²) in [5.41, 5.74) is 0.555. The van der Waals surface area contributed by atoms with Crippen LogP contribution in [0.4, 0.5) is 5.95 Å². The molecule has 0 atom stereocenters. The third-order valence-corrected chi connectivity index (χ3v) is 1.51. The summed E-state index contributed by atoms with van der Waals surface area (Å²) in [6.45, 7) is 5.85. The minimum absolute atomic E-state index is 0.148. The zero-order valence-corrected chi connectivity index (χ0v) is 7.29. The molecule has 5 nitrogen and oxygen atoms in total. The molecule has 1 aromatic rings. The van der Waals surface area contributed by atoms with E-state index in [2.05, 4.69) is 9.97 Å². The van der Waals surface area contributed by atoms with Gasteiger partial charge in [0.15, 0.2) is 5.69 Å². The van der Waals surface area contributed by atoms with E-state index in [1.54, 1.807) is 6.20 Å². The molecule has 0 radical (unpaired) electrons. The highest BCUT2D eigenvalue weighted by molar-refractivity contribution is 5.17. The lowest BCUT2D eigenvalue weighted by Crippen LogP contribution is -2.11. The van der Waals surface area contributed by atoms with Crippen LogP contribution in [0.5, 0.6) is 0 Å². The van der Waals surface area contributed by atoms with Crippen molar-refractivity contribution in [1.82, 2.24) is 9.97 Å². The van der Waals surface area contributed by atoms with Crippen molar-refractivity contribution in [3.8, 4) is 0 Å². The van der Waals surface area contributed by atoms with E-state index in [1.165, 1.54) is 0 Å². The van der Waals surface area contributed by atoms with Crippen molar-refractivity contribution >= 4 is 5.95 Å².